The predicted octanol–water partition coefficient (Wildman–Crippen LogP) is 3.54. The van der Waals surface area contributed by atoms with Gasteiger partial charge in [0.2, 0.25) is 0 Å². The minimum atomic E-state index is -4.38. The van der Waals surface area contributed by atoms with Gasteiger partial charge in [0.15, 0.2) is 0 Å². The predicted molar refractivity (Wildman–Crippen MR) is 106 cm³/mol. The molecule has 0 fully saturated rings. The summed E-state index contributed by atoms with van der Waals surface area (Å²) in [6.45, 7) is 3.09. The molecule has 8 heteroatoms. The quantitative estimate of drug-likeness (QED) is 0.199. The molecule has 0 aliphatic carbocycles. The first-order valence-corrected chi connectivity index (χ1v) is 10.9. The van der Waals surface area contributed by atoms with Crippen LogP contribution in [0.15, 0.2) is 0 Å². The minimum Gasteiger partial charge on any atom is -1.00 e. The van der Waals surface area contributed by atoms with E-state index in [-0.39, 0.29) is 38.6 Å². The van der Waals surface area contributed by atoms with Crippen molar-refractivity contribution in [1.82, 2.24) is 4.90 Å². The Morgan fingerprint density at radius 2 is 1.48 bits per heavy atom. The number of nitrogens with zero attached hydrogens (tertiary/aromatic N) is 1. The van der Waals surface area contributed by atoms with Crippen LogP contribution in [-0.2, 0) is 9.09 Å². The van der Waals surface area contributed by atoms with Crippen molar-refractivity contribution in [3.8, 4) is 0 Å². The number of aliphatic hydroxyl groups is 1. The van der Waals surface area contributed by atoms with E-state index in [1.165, 1.54) is 51.4 Å². The summed E-state index contributed by atoms with van der Waals surface area (Å²) in [5.74, 6) is 0. The van der Waals surface area contributed by atoms with Gasteiger partial charge in [-0.25, -0.2) is 4.57 Å². The number of hydrogen-bond acceptors (Lipinski definition) is 4. The zero-order valence-electron chi connectivity index (χ0n) is 18.2. The molecule has 0 aromatic rings. The van der Waals surface area contributed by atoms with Crippen LogP contribution in [-0.4, -0.2) is 75.7 Å². The van der Waals surface area contributed by atoms with E-state index in [2.05, 4.69) is 11.4 Å². The van der Waals surface area contributed by atoms with E-state index in [0.29, 0.717) is 13.1 Å². The third-order valence-electron chi connectivity index (χ3n) is 4.15. The second-order valence-corrected chi connectivity index (χ2v) is 7.95. The van der Waals surface area contributed by atoms with Gasteiger partial charge in [0, 0.05) is 13.1 Å². The Bertz CT molecular complexity index is 340. The number of likely N-dealkylation sites (N-methyl/N-ethyl adjacent to an activating group) is 1. The number of phosphoric ester groups is 1. The van der Waals surface area contributed by atoms with Crippen molar-refractivity contribution in [2.24, 2.45) is 0 Å². The van der Waals surface area contributed by atoms with Crippen LogP contribution < -0.4 is 0 Å². The standard InChI is InChI=1S/C17H38NO5P.Mg.2H/c1-3-4-5-6-7-8-9-10-11-12-13-17(19)16-18(2)14-15-23-24(20,21)22;;;/h17,19H,3-16H2,1-2H3,(H2,20,21,22);;;/q;+2;2*-1. The molecule has 0 amide bonds. The number of hydrogen-bond donors (Lipinski definition) is 3. The van der Waals surface area contributed by atoms with Gasteiger partial charge in [0.05, 0.1) is 12.7 Å². The van der Waals surface area contributed by atoms with Crippen LogP contribution in [0.1, 0.15) is 80.4 Å². The second-order valence-electron chi connectivity index (χ2n) is 6.71. The summed E-state index contributed by atoms with van der Waals surface area (Å²) in [4.78, 5) is 19.0. The molecule has 1 unspecified atom stereocenters. The van der Waals surface area contributed by atoms with Gasteiger partial charge in [-0.2, -0.15) is 0 Å². The van der Waals surface area contributed by atoms with Crippen molar-refractivity contribution in [2.75, 3.05) is 26.7 Å². The maximum absolute atomic E-state index is 10.6. The van der Waals surface area contributed by atoms with Gasteiger partial charge in [-0.05, 0) is 13.5 Å². The molecule has 0 aromatic carbocycles. The molecule has 0 aromatic heterocycles. The second kappa shape index (κ2) is 18.2. The molecule has 0 radical (unpaired) electrons. The Morgan fingerprint density at radius 1 is 1.00 bits per heavy atom. The van der Waals surface area contributed by atoms with Crippen molar-refractivity contribution in [2.45, 2.75) is 83.7 Å². The van der Waals surface area contributed by atoms with E-state index in [9.17, 15) is 9.67 Å². The van der Waals surface area contributed by atoms with E-state index >= 15 is 0 Å². The van der Waals surface area contributed by atoms with Crippen molar-refractivity contribution < 1.29 is 26.8 Å². The Morgan fingerprint density at radius 3 is 1.96 bits per heavy atom. The molecule has 0 spiro atoms. The molecule has 150 valence electrons. The molecule has 6 nitrogen and oxygen atoms in total. The molecule has 0 rings (SSSR count). The zero-order chi connectivity index (χ0) is 18.3. The molecular weight excluding hydrogens is 353 g/mol. The molecule has 1 atom stereocenters. The SMILES string of the molecule is CCCCCCCCCCCCC(O)CN(C)CCOP(=O)(O)O.[H-].[H-].[Mg+2]. The normalized spacial score (nSPS) is 13.0. The zero-order valence-corrected chi connectivity index (χ0v) is 18.5. The summed E-state index contributed by atoms with van der Waals surface area (Å²) in [6, 6.07) is 0. The van der Waals surface area contributed by atoms with E-state index in [4.69, 9.17) is 9.79 Å². The fourth-order valence-corrected chi connectivity index (χ4v) is 3.04. The van der Waals surface area contributed by atoms with Gasteiger partial charge in [-0.1, -0.05) is 71.1 Å². The molecule has 0 saturated carbocycles. The third kappa shape index (κ3) is 22.8. The van der Waals surface area contributed by atoms with Gasteiger partial charge in [0.1, 0.15) is 0 Å². The first-order chi connectivity index (χ1) is 11.3. The molecule has 0 aliphatic heterocycles. The number of rotatable bonds is 17. The van der Waals surface area contributed by atoms with E-state index in [1.807, 2.05) is 11.9 Å². The monoisotopic (exact) mass is 393 g/mol. The van der Waals surface area contributed by atoms with Gasteiger partial charge in [-0.15, -0.1) is 0 Å². The topological polar surface area (TPSA) is 90.2 Å². The Labute approximate surface area is 173 Å². The van der Waals surface area contributed by atoms with Crippen molar-refractivity contribution in [3.63, 3.8) is 0 Å². The maximum Gasteiger partial charge on any atom is 2.00 e. The van der Waals surface area contributed by atoms with Gasteiger partial charge in [0.25, 0.3) is 0 Å². The first-order valence-electron chi connectivity index (χ1n) is 9.42. The first kappa shape index (κ1) is 28.0. The van der Waals surface area contributed by atoms with E-state index in [0.717, 1.165) is 19.3 Å². The average Bonchev–Trinajstić information content (AvgIpc) is 2.47. The van der Waals surface area contributed by atoms with Crippen LogP contribution in [0.4, 0.5) is 0 Å². The molecule has 0 aliphatic rings. The Hall–Kier alpha value is 0.796. The summed E-state index contributed by atoms with van der Waals surface area (Å²) >= 11 is 0. The van der Waals surface area contributed by atoms with Crippen LogP contribution >= 0.6 is 7.82 Å². The van der Waals surface area contributed by atoms with Gasteiger partial charge < -0.3 is 22.6 Å². The summed E-state index contributed by atoms with van der Waals surface area (Å²) in [5, 5.41) is 9.97. The summed E-state index contributed by atoms with van der Waals surface area (Å²) in [6.07, 6.45) is 13.2. The van der Waals surface area contributed by atoms with Crippen LogP contribution in [0.5, 0.6) is 0 Å². The third-order valence-corrected chi connectivity index (χ3v) is 4.66. The average molecular weight is 394 g/mol. The fourth-order valence-electron chi connectivity index (χ4n) is 2.73. The summed E-state index contributed by atoms with van der Waals surface area (Å²) < 4.78 is 14.9. The van der Waals surface area contributed by atoms with Gasteiger partial charge in [-0.3, -0.25) is 4.52 Å². The van der Waals surface area contributed by atoms with Crippen LogP contribution in [0.3, 0.4) is 0 Å². The number of phosphoric acid groups is 1. The number of aliphatic hydroxyl groups excluding tert-OH is 1. The number of unbranched alkanes of at least 4 members (excludes halogenated alkanes) is 9. The maximum atomic E-state index is 10.6. The van der Waals surface area contributed by atoms with Crippen LogP contribution in [0.25, 0.3) is 0 Å². The van der Waals surface area contributed by atoms with Crippen LogP contribution in [0, 0.1) is 0 Å². The molecule has 0 bridgehead atoms. The van der Waals surface area contributed by atoms with Crippen LogP contribution in [0.2, 0.25) is 0 Å². The smallest absolute Gasteiger partial charge is 1.00 e. The van der Waals surface area contributed by atoms with E-state index in [1.54, 1.807) is 0 Å². The molecule has 0 heterocycles. The van der Waals surface area contributed by atoms with Crippen molar-refractivity contribution in [1.29, 1.82) is 0 Å². The summed E-state index contributed by atoms with van der Waals surface area (Å²) in [5.41, 5.74) is 0. The largest absolute Gasteiger partial charge is 2.00 e. The molecule has 25 heavy (non-hydrogen) atoms. The van der Waals surface area contributed by atoms with Crippen molar-refractivity contribution >= 4 is 30.9 Å². The van der Waals surface area contributed by atoms with Crippen molar-refractivity contribution in [3.05, 3.63) is 0 Å². The molecule has 3 N–H and O–H groups in total. The molecule has 0 saturated heterocycles. The Kier molecular flexibility index (Phi) is 20.4. The van der Waals surface area contributed by atoms with E-state index < -0.39 is 7.82 Å². The minimum absolute atomic E-state index is 0. The Balaban J connectivity index is -0.000000882. The summed E-state index contributed by atoms with van der Waals surface area (Å²) in [7, 11) is -2.57. The van der Waals surface area contributed by atoms with Gasteiger partial charge >= 0.3 is 30.9 Å². The molecular formula is C17H40MgNO5P. The fraction of sp³-hybridized carbons (Fsp3) is 1.00.